The Morgan fingerprint density at radius 3 is 2.64 bits per heavy atom. The summed E-state index contributed by atoms with van der Waals surface area (Å²) in [5.74, 6) is 0.0466. The van der Waals surface area contributed by atoms with Crippen LogP contribution in [-0.2, 0) is 6.42 Å². The van der Waals surface area contributed by atoms with Crippen molar-refractivity contribution >= 4 is 5.91 Å². The van der Waals surface area contributed by atoms with Crippen LogP contribution in [-0.4, -0.2) is 33.3 Å². The van der Waals surface area contributed by atoms with E-state index < -0.39 is 0 Å². The van der Waals surface area contributed by atoms with E-state index in [1.807, 2.05) is 22.9 Å². The molecule has 1 aliphatic carbocycles. The fourth-order valence-corrected chi connectivity index (χ4v) is 2.59. The first kappa shape index (κ1) is 14.7. The van der Waals surface area contributed by atoms with Gasteiger partial charge < -0.3 is 20.1 Å². The predicted octanol–water partition coefficient (Wildman–Crippen LogP) is 1.86. The van der Waals surface area contributed by atoms with Crippen molar-refractivity contribution in [2.75, 3.05) is 6.61 Å². The van der Waals surface area contributed by atoms with Gasteiger partial charge in [-0.05, 0) is 49.1 Å². The first-order valence-electron chi connectivity index (χ1n) is 7.54. The molecular weight excluding hydrogens is 280 g/mol. The monoisotopic (exact) mass is 300 g/mol. The number of benzene rings is 1. The van der Waals surface area contributed by atoms with Gasteiger partial charge in [-0.2, -0.15) is 0 Å². The standard InChI is InChI=1S/C17H20N2O3/c20-11-13(10-12-3-7-15(21)8-4-12)18-17(22)16-2-1-9-19(16)14-5-6-14/h1-4,7-9,13-14,20-21H,5-6,10-11H2,(H,18,22)/t13-/m0/s1. The van der Waals surface area contributed by atoms with E-state index in [0.29, 0.717) is 18.2 Å². The molecule has 0 spiro atoms. The van der Waals surface area contributed by atoms with Crippen LogP contribution in [0.4, 0.5) is 0 Å². The zero-order chi connectivity index (χ0) is 15.5. The van der Waals surface area contributed by atoms with E-state index in [4.69, 9.17) is 0 Å². The van der Waals surface area contributed by atoms with Crippen LogP contribution in [0.2, 0.25) is 0 Å². The first-order valence-corrected chi connectivity index (χ1v) is 7.54. The Morgan fingerprint density at radius 2 is 2.00 bits per heavy atom. The second-order valence-corrected chi connectivity index (χ2v) is 5.76. The Bertz CT molecular complexity index is 644. The van der Waals surface area contributed by atoms with Gasteiger partial charge in [0.15, 0.2) is 0 Å². The molecule has 3 rings (SSSR count). The Balaban J connectivity index is 1.65. The number of rotatable bonds is 6. The predicted molar refractivity (Wildman–Crippen MR) is 82.9 cm³/mol. The Hall–Kier alpha value is -2.27. The third-order valence-corrected chi connectivity index (χ3v) is 3.93. The summed E-state index contributed by atoms with van der Waals surface area (Å²) in [7, 11) is 0. The Morgan fingerprint density at radius 1 is 1.27 bits per heavy atom. The van der Waals surface area contributed by atoms with Gasteiger partial charge in [0, 0.05) is 12.2 Å². The first-order chi connectivity index (χ1) is 10.7. The fourth-order valence-electron chi connectivity index (χ4n) is 2.59. The molecule has 2 aromatic rings. The van der Waals surface area contributed by atoms with E-state index in [0.717, 1.165) is 18.4 Å². The third kappa shape index (κ3) is 3.31. The van der Waals surface area contributed by atoms with Gasteiger partial charge in [-0.3, -0.25) is 4.79 Å². The van der Waals surface area contributed by atoms with Gasteiger partial charge in [0.25, 0.3) is 5.91 Å². The molecule has 1 fully saturated rings. The van der Waals surface area contributed by atoms with E-state index in [-0.39, 0.29) is 24.3 Å². The molecule has 22 heavy (non-hydrogen) atoms. The number of aromatic hydroxyl groups is 1. The van der Waals surface area contributed by atoms with E-state index in [1.165, 1.54) is 0 Å². The highest BCUT2D eigenvalue weighted by Gasteiger charge is 2.27. The summed E-state index contributed by atoms with van der Waals surface area (Å²) in [6.45, 7) is -0.128. The highest BCUT2D eigenvalue weighted by atomic mass is 16.3. The maximum absolute atomic E-state index is 12.4. The van der Waals surface area contributed by atoms with Crippen molar-refractivity contribution in [2.45, 2.75) is 31.3 Å². The number of hydrogen-bond acceptors (Lipinski definition) is 3. The summed E-state index contributed by atoms with van der Waals surface area (Å²) in [5, 5.41) is 21.7. The van der Waals surface area contributed by atoms with Crippen molar-refractivity contribution in [2.24, 2.45) is 0 Å². The van der Waals surface area contributed by atoms with Crippen molar-refractivity contribution in [3.05, 3.63) is 53.9 Å². The molecule has 1 aromatic carbocycles. The van der Waals surface area contributed by atoms with Gasteiger partial charge in [0.1, 0.15) is 11.4 Å². The summed E-state index contributed by atoms with van der Waals surface area (Å²) < 4.78 is 2.00. The second-order valence-electron chi connectivity index (χ2n) is 5.76. The summed E-state index contributed by atoms with van der Waals surface area (Å²) >= 11 is 0. The molecule has 5 heteroatoms. The van der Waals surface area contributed by atoms with Crippen LogP contribution in [0.5, 0.6) is 5.75 Å². The van der Waals surface area contributed by atoms with Gasteiger partial charge in [-0.15, -0.1) is 0 Å². The minimum atomic E-state index is -0.348. The smallest absolute Gasteiger partial charge is 0.268 e. The molecule has 1 aliphatic rings. The van der Waals surface area contributed by atoms with Crippen LogP contribution < -0.4 is 5.32 Å². The summed E-state index contributed by atoms with van der Waals surface area (Å²) in [5.41, 5.74) is 1.60. The number of aliphatic hydroxyl groups excluding tert-OH is 1. The minimum Gasteiger partial charge on any atom is -0.508 e. The lowest BCUT2D eigenvalue weighted by atomic mass is 10.1. The number of aliphatic hydroxyl groups is 1. The van der Waals surface area contributed by atoms with E-state index in [1.54, 1.807) is 24.3 Å². The molecule has 1 atom stereocenters. The molecule has 0 radical (unpaired) electrons. The molecule has 3 N–H and O–H groups in total. The highest BCUT2D eigenvalue weighted by Crippen LogP contribution is 2.35. The number of amides is 1. The van der Waals surface area contributed by atoms with Crippen molar-refractivity contribution in [3.8, 4) is 5.75 Å². The number of carbonyl (C=O) groups excluding carboxylic acids is 1. The largest absolute Gasteiger partial charge is 0.508 e. The molecule has 1 amide bonds. The normalized spacial score (nSPS) is 15.5. The molecule has 1 saturated carbocycles. The lowest BCUT2D eigenvalue weighted by Gasteiger charge is -2.17. The number of phenols is 1. The number of carbonyl (C=O) groups is 1. The van der Waals surface area contributed by atoms with Crippen molar-refractivity contribution in [1.82, 2.24) is 9.88 Å². The molecule has 0 unspecified atom stereocenters. The van der Waals surface area contributed by atoms with Crippen LogP contribution in [0, 0.1) is 0 Å². The number of nitrogens with one attached hydrogen (secondary N) is 1. The highest BCUT2D eigenvalue weighted by molar-refractivity contribution is 5.93. The van der Waals surface area contributed by atoms with Gasteiger partial charge in [-0.25, -0.2) is 0 Å². The number of nitrogens with zero attached hydrogens (tertiary/aromatic N) is 1. The Labute approximate surface area is 129 Å². The van der Waals surface area contributed by atoms with Crippen LogP contribution in [0.25, 0.3) is 0 Å². The Kier molecular flexibility index (Phi) is 4.15. The van der Waals surface area contributed by atoms with E-state index in [9.17, 15) is 15.0 Å². The average Bonchev–Trinajstić information content (AvgIpc) is 3.25. The molecule has 1 heterocycles. The third-order valence-electron chi connectivity index (χ3n) is 3.93. The second kappa shape index (κ2) is 6.23. The molecule has 116 valence electrons. The van der Waals surface area contributed by atoms with Crippen LogP contribution >= 0.6 is 0 Å². The SMILES string of the molecule is O=C(N[C@H](CO)Cc1ccc(O)cc1)c1cccn1C1CC1. The van der Waals surface area contributed by atoms with Crippen molar-refractivity contribution < 1.29 is 15.0 Å². The van der Waals surface area contributed by atoms with Crippen LogP contribution in [0.1, 0.15) is 34.9 Å². The van der Waals surface area contributed by atoms with E-state index >= 15 is 0 Å². The maximum atomic E-state index is 12.4. The molecule has 1 aromatic heterocycles. The fraction of sp³-hybridized carbons (Fsp3) is 0.353. The minimum absolute atomic E-state index is 0.128. The lowest BCUT2D eigenvalue weighted by molar-refractivity contribution is 0.0907. The molecule has 0 aliphatic heterocycles. The van der Waals surface area contributed by atoms with Gasteiger partial charge >= 0.3 is 0 Å². The van der Waals surface area contributed by atoms with Crippen molar-refractivity contribution in [3.63, 3.8) is 0 Å². The summed E-state index contributed by atoms with van der Waals surface area (Å²) in [6.07, 6.45) is 4.69. The van der Waals surface area contributed by atoms with Crippen LogP contribution in [0.15, 0.2) is 42.6 Å². The topological polar surface area (TPSA) is 74.5 Å². The van der Waals surface area contributed by atoms with Gasteiger partial charge in [0.05, 0.1) is 12.6 Å². The number of hydrogen-bond donors (Lipinski definition) is 3. The van der Waals surface area contributed by atoms with Gasteiger partial charge in [0.2, 0.25) is 0 Å². The maximum Gasteiger partial charge on any atom is 0.268 e. The van der Waals surface area contributed by atoms with Gasteiger partial charge in [-0.1, -0.05) is 12.1 Å². The molecular formula is C17H20N2O3. The summed E-state index contributed by atoms with van der Waals surface area (Å²) in [6, 6.07) is 10.6. The van der Waals surface area contributed by atoms with E-state index in [2.05, 4.69) is 5.32 Å². The van der Waals surface area contributed by atoms with Crippen molar-refractivity contribution in [1.29, 1.82) is 0 Å². The van der Waals surface area contributed by atoms with Crippen LogP contribution in [0.3, 0.4) is 0 Å². The zero-order valence-electron chi connectivity index (χ0n) is 12.3. The number of phenolic OH excluding ortho intramolecular Hbond substituents is 1. The molecule has 5 nitrogen and oxygen atoms in total. The quantitative estimate of drug-likeness (QED) is 0.762. The lowest BCUT2D eigenvalue weighted by Crippen LogP contribution is -2.39. The average molecular weight is 300 g/mol. The number of aromatic nitrogens is 1. The molecule has 0 bridgehead atoms. The summed E-state index contributed by atoms with van der Waals surface area (Å²) in [4.78, 5) is 12.4. The molecule has 0 saturated heterocycles. The zero-order valence-corrected chi connectivity index (χ0v) is 12.3.